The molecule has 0 aliphatic rings. The zero-order valence-corrected chi connectivity index (χ0v) is 12.0. The maximum atomic E-state index is 5.74. The van der Waals surface area contributed by atoms with Gasteiger partial charge in [-0.25, -0.2) is 0 Å². The van der Waals surface area contributed by atoms with E-state index in [9.17, 15) is 0 Å². The highest BCUT2D eigenvalue weighted by Crippen LogP contribution is 2.29. The van der Waals surface area contributed by atoms with Crippen molar-refractivity contribution in [1.82, 2.24) is 4.98 Å². The van der Waals surface area contributed by atoms with Gasteiger partial charge in [0.1, 0.15) is 11.6 Å². The SMILES string of the molecule is CCOc1cc(C(N)=S)ccc1OCc1ccccn1. The Hall–Kier alpha value is -2.14. The van der Waals surface area contributed by atoms with Crippen LogP contribution in [0.25, 0.3) is 0 Å². The molecule has 0 saturated carbocycles. The molecule has 1 aromatic carbocycles. The first-order valence-corrected chi connectivity index (χ1v) is 6.71. The van der Waals surface area contributed by atoms with E-state index in [1.54, 1.807) is 12.3 Å². The molecule has 4 nitrogen and oxygen atoms in total. The molecule has 1 heterocycles. The predicted octanol–water partition coefficient (Wildman–Crippen LogP) is 2.69. The fourth-order valence-corrected chi connectivity index (χ4v) is 1.81. The average molecular weight is 288 g/mol. The Morgan fingerprint density at radius 1 is 1.20 bits per heavy atom. The van der Waals surface area contributed by atoms with Crippen LogP contribution < -0.4 is 15.2 Å². The average Bonchev–Trinajstić information content (AvgIpc) is 2.47. The molecule has 0 bridgehead atoms. The van der Waals surface area contributed by atoms with Crippen molar-refractivity contribution in [1.29, 1.82) is 0 Å². The quantitative estimate of drug-likeness (QED) is 0.828. The molecule has 0 aliphatic carbocycles. The summed E-state index contributed by atoms with van der Waals surface area (Å²) in [6.45, 7) is 2.84. The van der Waals surface area contributed by atoms with Gasteiger partial charge in [-0.1, -0.05) is 18.3 Å². The number of rotatable bonds is 6. The fourth-order valence-electron chi connectivity index (χ4n) is 1.68. The van der Waals surface area contributed by atoms with Crippen LogP contribution in [0.4, 0.5) is 0 Å². The normalized spacial score (nSPS) is 10.1. The number of thiocarbonyl (C=S) groups is 1. The molecule has 2 N–H and O–H groups in total. The summed E-state index contributed by atoms with van der Waals surface area (Å²) in [6.07, 6.45) is 1.73. The van der Waals surface area contributed by atoms with E-state index < -0.39 is 0 Å². The largest absolute Gasteiger partial charge is 0.490 e. The molecule has 0 spiro atoms. The van der Waals surface area contributed by atoms with Crippen LogP contribution in [0.1, 0.15) is 18.2 Å². The maximum absolute atomic E-state index is 5.74. The summed E-state index contributed by atoms with van der Waals surface area (Å²) in [7, 11) is 0. The minimum absolute atomic E-state index is 0.335. The topological polar surface area (TPSA) is 57.4 Å². The number of ether oxygens (including phenoxy) is 2. The van der Waals surface area contributed by atoms with Crippen LogP contribution in [-0.2, 0) is 6.61 Å². The number of pyridine rings is 1. The predicted molar refractivity (Wildman–Crippen MR) is 82.1 cm³/mol. The number of benzene rings is 1. The van der Waals surface area contributed by atoms with Crippen molar-refractivity contribution in [3.63, 3.8) is 0 Å². The van der Waals surface area contributed by atoms with Crippen LogP contribution in [0.15, 0.2) is 42.6 Å². The number of aromatic nitrogens is 1. The van der Waals surface area contributed by atoms with Gasteiger partial charge in [0.15, 0.2) is 11.5 Å². The van der Waals surface area contributed by atoms with Crippen molar-refractivity contribution < 1.29 is 9.47 Å². The molecule has 0 radical (unpaired) electrons. The first kappa shape index (κ1) is 14.3. The summed E-state index contributed by atoms with van der Waals surface area (Å²) in [5, 5.41) is 0. The number of nitrogens with zero attached hydrogens (tertiary/aromatic N) is 1. The van der Waals surface area contributed by atoms with Gasteiger partial charge in [-0.2, -0.15) is 0 Å². The van der Waals surface area contributed by atoms with Gasteiger partial charge in [0.25, 0.3) is 0 Å². The van der Waals surface area contributed by atoms with Crippen molar-refractivity contribution in [2.45, 2.75) is 13.5 Å². The van der Waals surface area contributed by atoms with Gasteiger partial charge in [0.2, 0.25) is 0 Å². The maximum Gasteiger partial charge on any atom is 0.161 e. The molecule has 0 atom stereocenters. The van der Waals surface area contributed by atoms with E-state index in [1.165, 1.54) is 0 Å². The Morgan fingerprint density at radius 3 is 2.70 bits per heavy atom. The Kier molecular flexibility index (Phi) is 4.90. The van der Waals surface area contributed by atoms with Crippen molar-refractivity contribution in [2.24, 2.45) is 5.73 Å². The van der Waals surface area contributed by atoms with Gasteiger partial charge in [-0.15, -0.1) is 0 Å². The highest BCUT2D eigenvalue weighted by Gasteiger charge is 2.08. The van der Waals surface area contributed by atoms with Gasteiger partial charge in [-0.05, 0) is 37.3 Å². The molecule has 5 heteroatoms. The van der Waals surface area contributed by atoms with E-state index in [4.69, 9.17) is 27.4 Å². The molecule has 104 valence electrons. The van der Waals surface area contributed by atoms with Crippen LogP contribution in [0.3, 0.4) is 0 Å². The molecule has 20 heavy (non-hydrogen) atoms. The first-order valence-electron chi connectivity index (χ1n) is 6.30. The summed E-state index contributed by atoms with van der Waals surface area (Å²) in [5.41, 5.74) is 7.23. The van der Waals surface area contributed by atoms with Crippen molar-refractivity contribution in [3.8, 4) is 11.5 Å². The van der Waals surface area contributed by atoms with Crippen LogP contribution in [0.5, 0.6) is 11.5 Å². The summed E-state index contributed by atoms with van der Waals surface area (Å²) >= 11 is 4.96. The lowest BCUT2D eigenvalue weighted by molar-refractivity contribution is 0.266. The third kappa shape index (κ3) is 3.68. The number of nitrogens with two attached hydrogens (primary N) is 1. The van der Waals surface area contributed by atoms with Gasteiger partial charge in [-0.3, -0.25) is 4.98 Å². The van der Waals surface area contributed by atoms with Crippen molar-refractivity contribution in [3.05, 3.63) is 53.9 Å². The van der Waals surface area contributed by atoms with Gasteiger partial charge < -0.3 is 15.2 Å². The van der Waals surface area contributed by atoms with E-state index in [-0.39, 0.29) is 0 Å². The van der Waals surface area contributed by atoms with Crippen LogP contribution >= 0.6 is 12.2 Å². The number of hydrogen-bond acceptors (Lipinski definition) is 4. The molecule has 0 saturated heterocycles. The molecule has 2 aromatic rings. The van der Waals surface area contributed by atoms with E-state index in [0.717, 1.165) is 11.3 Å². The second kappa shape index (κ2) is 6.86. The molecular weight excluding hydrogens is 272 g/mol. The molecule has 0 unspecified atom stereocenters. The molecule has 0 aliphatic heterocycles. The second-order valence-electron chi connectivity index (χ2n) is 4.07. The Bertz CT molecular complexity index is 588. The smallest absolute Gasteiger partial charge is 0.161 e. The minimum atomic E-state index is 0.335. The lowest BCUT2D eigenvalue weighted by Crippen LogP contribution is -2.10. The standard InChI is InChI=1S/C15H16N2O2S/c1-2-18-14-9-11(15(16)20)6-7-13(14)19-10-12-5-3-4-8-17-12/h3-9H,2,10H2,1H3,(H2,16,20). The Morgan fingerprint density at radius 2 is 2.05 bits per heavy atom. The van der Waals surface area contributed by atoms with Crippen LogP contribution in [0.2, 0.25) is 0 Å². The zero-order valence-electron chi connectivity index (χ0n) is 11.2. The fraction of sp³-hybridized carbons (Fsp3) is 0.200. The molecule has 0 amide bonds. The Labute approximate surface area is 123 Å². The highest BCUT2D eigenvalue weighted by molar-refractivity contribution is 7.80. The lowest BCUT2D eigenvalue weighted by atomic mass is 10.2. The molecule has 2 rings (SSSR count). The van der Waals surface area contributed by atoms with Crippen molar-refractivity contribution >= 4 is 17.2 Å². The van der Waals surface area contributed by atoms with Gasteiger partial charge >= 0.3 is 0 Å². The van der Waals surface area contributed by atoms with Crippen LogP contribution in [-0.4, -0.2) is 16.6 Å². The third-order valence-corrected chi connectivity index (χ3v) is 2.87. The highest BCUT2D eigenvalue weighted by atomic mass is 32.1. The third-order valence-electron chi connectivity index (χ3n) is 2.63. The van der Waals surface area contributed by atoms with E-state index >= 15 is 0 Å². The van der Waals surface area contributed by atoms with E-state index in [1.807, 2.05) is 37.3 Å². The summed E-state index contributed by atoms with van der Waals surface area (Å²) < 4.78 is 11.3. The molecular formula is C15H16N2O2S. The minimum Gasteiger partial charge on any atom is -0.490 e. The summed E-state index contributed by atoms with van der Waals surface area (Å²) in [4.78, 5) is 4.54. The van der Waals surface area contributed by atoms with Gasteiger partial charge in [0.05, 0.1) is 12.3 Å². The van der Waals surface area contributed by atoms with Crippen LogP contribution in [0, 0.1) is 0 Å². The van der Waals surface area contributed by atoms with E-state index in [0.29, 0.717) is 29.7 Å². The van der Waals surface area contributed by atoms with Gasteiger partial charge in [0, 0.05) is 11.8 Å². The lowest BCUT2D eigenvalue weighted by Gasteiger charge is -2.12. The summed E-state index contributed by atoms with van der Waals surface area (Å²) in [5.74, 6) is 1.28. The van der Waals surface area contributed by atoms with E-state index in [2.05, 4.69) is 4.98 Å². The van der Waals surface area contributed by atoms with Crippen molar-refractivity contribution in [2.75, 3.05) is 6.61 Å². The first-order chi connectivity index (χ1) is 9.70. The second-order valence-corrected chi connectivity index (χ2v) is 4.51. The monoisotopic (exact) mass is 288 g/mol. The summed E-state index contributed by atoms with van der Waals surface area (Å²) in [6, 6.07) is 11.1. The molecule has 0 fully saturated rings. The number of hydrogen-bond donors (Lipinski definition) is 1. The zero-order chi connectivity index (χ0) is 14.4. The molecule has 1 aromatic heterocycles. The Balaban J connectivity index is 2.16.